The van der Waals surface area contributed by atoms with E-state index in [-0.39, 0.29) is 37.1 Å². The fourth-order valence-electron chi connectivity index (χ4n) is 2.17. The van der Waals surface area contributed by atoms with Gasteiger partial charge in [-0.2, -0.15) is 0 Å². The van der Waals surface area contributed by atoms with Crippen LogP contribution in [0.5, 0.6) is 5.75 Å². The second kappa shape index (κ2) is 7.20. The molecule has 7 heteroatoms. The summed E-state index contributed by atoms with van der Waals surface area (Å²) in [4.78, 5) is 13.7. The van der Waals surface area contributed by atoms with E-state index in [1.807, 2.05) is 6.92 Å². The molecule has 1 aliphatic heterocycles. The topological polar surface area (TPSA) is 59.0 Å². The zero-order valence-corrected chi connectivity index (χ0v) is 13.2. The van der Waals surface area contributed by atoms with Crippen molar-refractivity contribution in [3.05, 3.63) is 28.5 Å². The number of ether oxygens (including phenoxy) is 2. The molecule has 0 bridgehead atoms. The molecule has 1 aromatic carbocycles. The van der Waals surface area contributed by atoms with Crippen LogP contribution in [0.2, 0.25) is 0 Å². The standard InChI is InChI=1S/C14H17BrFNO4/c1-9-5-17(6-11(7-18)21-9)14(19)8-20-13-3-2-10(16)4-12(13)15/h2-4,9,11,18H,5-8H2,1H3. The Morgan fingerprint density at radius 3 is 3.00 bits per heavy atom. The monoisotopic (exact) mass is 361 g/mol. The summed E-state index contributed by atoms with van der Waals surface area (Å²) in [5.41, 5.74) is 0. The van der Waals surface area contributed by atoms with Crippen molar-refractivity contribution < 1.29 is 23.8 Å². The predicted octanol–water partition coefficient (Wildman–Crippen LogP) is 1.58. The summed E-state index contributed by atoms with van der Waals surface area (Å²) in [6, 6.07) is 4.01. The normalized spacial score (nSPS) is 22.2. The van der Waals surface area contributed by atoms with E-state index in [0.29, 0.717) is 23.3 Å². The molecule has 0 saturated carbocycles. The molecule has 2 unspecified atom stereocenters. The maximum absolute atomic E-state index is 13.0. The summed E-state index contributed by atoms with van der Waals surface area (Å²) < 4.78 is 24.3. The number of nitrogens with zero attached hydrogens (tertiary/aromatic N) is 1. The van der Waals surface area contributed by atoms with Crippen molar-refractivity contribution in [2.24, 2.45) is 0 Å². The average Bonchev–Trinajstić information content (AvgIpc) is 2.45. The van der Waals surface area contributed by atoms with Gasteiger partial charge in [-0.25, -0.2) is 4.39 Å². The van der Waals surface area contributed by atoms with Crippen LogP contribution in [0.15, 0.2) is 22.7 Å². The highest BCUT2D eigenvalue weighted by atomic mass is 79.9. The van der Waals surface area contributed by atoms with Gasteiger partial charge in [-0.3, -0.25) is 4.79 Å². The minimum Gasteiger partial charge on any atom is -0.483 e. The first-order chi connectivity index (χ1) is 9.99. The first-order valence-electron chi connectivity index (χ1n) is 6.61. The molecule has 0 spiro atoms. The summed E-state index contributed by atoms with van der Waals surface area (Å²) in [6.07, 6.45) is -0.493. The molecule has 116 valence electrons. The second-order valence-corrected chi connectivity index (χ2v) is 5.77. The van der Waals surface area contributed by atoms with Crippen LogP contribution in [-0.2, 0) is 9.53 Å². The second-order valence-electron chi connectivity index (χ2n) is 4.91. The zero-order valence-electron chi connectivity index (χ0n) is 11.6. The van der Waals surface area contributed by atoms with Crippen LogP contribution >= 0.6 is 15.9 Å². The van der Waals surface area contributed by atoms with Gasteiger partial charge in [0.2, 0.25) is 0 Å². The Morgan fingerprint density at radius 2 is 2.33 bits per heavy atom. The van der Waals surface area contributed by atoms with E-state index < -0.39 is 0 Å². The fraction of sp³-hybridized carbons (Fsp3) is 0.500. The molecular weight excluding hydrogens is 345 g/mol. The largest absolute Gasteiger partial charge is 0.483 e. The van der Waals surface area contributed by atoms with Crippen molar-refractivity contribution in [3.8, 4) is 5.75 Å². The number of carbonyl (C=O) groups is 1. The summed E-state index contributed by atoms with van der Waals surface area (Å²) in [7, 11) is 0. The lowest BCUT2D eigenvalue weighted by molar-refractivity contribution is -0.149. The van der Waals surface area contributed by atoms with Crippen molar-refractivity contribution in [2.75, 3.05) is 26.3 Å². The smallest absolute Gasteiger partial charge is 0.260 e. The number of morpholine rings is 1. The van der Waals surface area contributed by atoms with Crippen LogP contribution in [0.4, 0.5) is 4.39 Å². The minimum absolute atomic E-state index is 0.127. The molecule has 1 N–H and O–H groups in total. The Labute approximate surface area is 130 Å². The number of rotatable bonds is 4. The van der Waals surface area contributed by atoms with Gasteiger partial charge in [0.05, 0.1) is 23.3 Å². The molecule has 0 aliphatic carbocycles. The first-order valence-corrected chi connectivity index (χ1v) is 7.41. The molecule has 5 nitrogen and oxygen atoms in total. The highest BCUT2D eigenvalue weighted by molar-refractivity contribution is 9.10. The average molecular weight is 362 g/mol. The number of hydrogen-bond donors (Lipinski definition) is 1. The molecule has 1 fully saturated rings. The number of amides is 1. The molecule has 1 aromatic rings. The minimum atomic E-state index is -0.381. The highest BCUT2D eigenvalue weighted by Crippen LogP contribution is 2.25. The molecule has 2 rings (SSSR count). The van der Waals surface area contributed by atoms with Crippen molar-refractivity contribution in [1.29, 1.82) is 0 Å². The molecule has 0 aromatic heterocycles. The Bertz CT molecular complexity index is 514. The molecule has 1 aliphatic rings. The van der Waals surface area contributed by atoms with Crippen molar-refractivity contribution in [2.45, 2.75) is 19.1 Å². The van der Waals surface area contributed by atoms with E-state index in [9.17, 15) is 9.18 Å². The quantitative estimate of drug-likeness (QED) is 0.884. The Kier molecular flexibility index (Phi) is 5.55. The number of benzene rings is 1. The Balaban J connectivity index is 1.92. The van der Waals surface area contributed by atoms with Crippen molar-refractivity contribution in [3.63, 3.8) is 0 Å². The van der Waals surface area contributed by atoms with E-state index in [1.165, 1.54) is 18.2 Å². The number of carbonyl (C=O) groups excluding carboxylic acids is 1. The van der Waals surface area contributed by atoms with Gasteiger partial charge >= 0.3 is 0 Å². The van der Waals surface area contributed by atoms with E-state index >= 15 is 0 Å². The van der Waals surface area contributed by atoms with Crippen molar-refractivity contribution in [1.82, 2.24) is 4.90 Å². The van der Waals surface area contributed by atoms with Gasteiger partial charge < -0.3 is 19.5 Å². The first kappa shape index (κ1) is 16.2. The van der Waals surface area contributed by atoms with Gasteiger partial charge in [-0.05, 0) is 41.1 Å². The Hall–Kier alpha value is -1.18. The lowest BCUT2D eigenvalue weighted by atomic mass is 10.2. The highest BCUT2D eigenvalue weighted by Gasteiger charge is 2.28. The van der Waals surface area contributed by atoms with Gasteiger partial charge in [-0.1, -0.05) is 0 Å². The van der Waals surface area contributed by atoms with Gasteiger partial charge in [0.1, 0.15) is 11.6 Å². The van der Waals surface area contributed by atoms with Gasteiger partial charge in [0.25, 0.3) is 5.91 Å². The summed E-state index contributed by atoms with van der Waals surface area (Å²) in [5, 5.41) is 9.14. The maximum atomic E-state index is 13.0. The molecule has 0 radical (unpaired) electrons. The molecule has 21 heavy (non-hydrogen) atoms. The van der Waals surface area contributed by atoms with Crippen molar-refractivity contribution >= 4 is 21.8 Å². The molecular formula is C14H17BrFNO4. The third-order valence-corrected chi connectivity index (χ3v) is 3.75. The SMILES string of the molecule is CC1CN(C(=O)COc2ccc(F)cc2Br)CC(CO)O1. The fourth-order valence-corrected chi connectivity index (χ4v) is 2.64. The number of aliphatic hydroxyl groups excluding tert-OH is 1. The summed E-state index contributed by atoms with van der Waals surface area (Å²) in [5.74, 6) is -0.169. The summed E-state index contributed by atoms with van der Waals surface area (Å²) >= 11 is 3.18. The van der Waals surface area contributed by atoms with Crippen LogP contribution in [0.1, 0.15) is 6.92 Å². The number of aliphatic hydroxyl groups is 1. The van der Waals surface area contributed by atoms with E-state index in [4.69, 9.17) is 14.6 Å². The summed E-state index contributed by atoms with van der Waals surface area (Å²) in [6.45, 7) is 2.38. The molecule has 1 saturated heterocycles. The molecule has 2 atom stereocenters. The van der Waals surface area contributed by atoms with E-state index in [2.05, 4.69) is 15.9 Å². The van der Waals surface area contributed by atoms with Crippen LogP contribution < -0.4 is 4.74 Å². The third kappa shape index (κ3) is 4.39. The zero-order chi connectivity index (χ0) is 15.4. The lowest BCUT2D eigenvalue weighted by Crippen LogP contribution is -2.51. The number of hydrogen-bond acceptors (Lipinski definition) is 4. The van der Waals surface area contributed by atoms with Crippen LogP contribution in [0.3, 0.4) is 0 Å². The van der Waals surface area contributed by atoms with E-state index in [0.717, 1.165) is 0 Å². The number of halogens is 2. The Morgan fingerprint density at radius 1 is 1.57 bits per heavy atom. The lowest BCUT2D eigenvalue weighted by Gasteiger charge is -2.36. The van der Waals surface area contributed by atoms with E-state index in [1.54, 1.807) is 4.90 Å². The van der Waals surface area contributed by atoms with Crippen LogP contribution in [-0.4, -0.2) is 54.4 Å². The van der Waals surface area contributed by atoms with Gasteiger partial charge in [-0.15, -0.1) is 0 Å². The van der Waals surface area contributed by atoms with Crippen LogP contribution in [0.25, 0.3) is 0 Å². The van der Waals surface area contributed by atoms with Gasteiger partial charge in [0.15, 0.2) is 6.61 Å². The van der Waals surface area contributed by atoms with Gasteiger partial charge in [0, 0.05) is 13.1 Å². The molecule has 1 heterocycles. The predicted molar refractivity (Wildman–Crippen MR) is 77.6 cm³/mol. The molecule has 1 amide bonds. The van der Waals surface area contributed by atoms with Crippen LogP contribution in [0, 0.1) is 5.82 Å². The maximum Gasteiger partial charge on any atom is 0.260 e. The third-order valence-electron chi connectivity index (χ3n) is 3.13.